The zero-order valence-electron chi connectivity index (χ0n) is 13.0. The van der Waals surface area contributed by atoms with Crippen LogP contribution in [0.2, 0.25) is 0 Å². The Morgan fingerprint density at radius 3 is 2.90 bits per heavy atom. The molecule has 1 heterocycles. The first-order chi connectivity index (χ1) is 10.1. The van der Waals surface area contributed by atoms with E-state index in [9.17, 15) is 0 Å². The van der Waals surface area contributed by atoms with Gasteiger partial charge in [0, 0.05) is 18.6 Å². The molecule has 0 radical (unpaired) electrons. The number of benzene rings is 1. The lowest BCUT2D eigenvalue weighted by molar-refractivity contribution is -0.0552. The molecule has 1 fully saturated rings. The van der Waals surface area contributed by atoms with Gasteiger partial charge in [-0.15, -0.1) is 0 Å². The molecule has 1 aromatic rings. The standard InChI is InChI=1S/C17H23NO3/c1-17(2)13-21-10-8-18(17)12-14-6-7-16(20-3)15(11-14)5-4-9-19/h6-7,11,19H,8-10,12-13H2,1-3H3. The molecule has 1 aromatic carbocycles. The summed E-state index contributed by atoms with van der Waals surface area (Å²) in [6, 6.07) is 6.03. The summed E-state index contributed by atoms with van der Waals surface area (Å²) >= 11 is 0. The summed E-state index contributed by atoms with van der Waals surface area (Å²) in [4.78, 5) is 2.42. The first kappa shape index (κ1) is 15.8. The molecular weight excluding hydrogens is 266 g/mol. The zero-order valence-corrected chi connectivity index (χ0v) is 13.0. The number of morpholine rings is 1. The van der Waals surface area contributed by atoms with Crippen LogP contribution in [0.25, 0.3) is 0 Å². The van der Waals surface area contributed by atoms with Crippen LogP contribution in [0.3, 0.4) is 0 Å². The Balaban J connectivity index is 2.20. The smallest absolute Gasteiger partial charge is 0.134 e. The Morgan fingerprint density at radius 2 is 2.24 bits per heavy atom. The van der Waals surface area contributed by atoms with Gasteiger partial charge in [-0.3, -0.25) is 4.90 Å². The molecule has 0 unspecified atom stereocenters. The van der Waals surface area contributed by atoms with Crippen molar-refractivity contribution in [3.05, 3.63) is 29.3 Å². The number of methoxy groups -OCH3 is 1. The second-order valence-electron chi connectivity index (χ2n) is 5.78. The van der Waals surface area contributed by atoms with Crippen LogP contribution in [0.4, 0.5) is 0 Å². The molecule has 1 saturated heterocycles. The Bertz CT molecular complexity index is 543. The monoisotopic (exact) mass is 289 g/mol. The molecule has 2 rings (SSSR count). The van der Waals surface area contributed by atoms with E-state index in [2.05, 4.69) is 36.7 Å². The largest absolute Gasteiger partial charge is 0.495 e. The molecule has 0 amide bonds. The molecule has 4 heteroatoms. The predicted molar refractivity (Wildman–Crippen MR) is 82.3 cm³/mol. The minimum absolute atomic E-state index is 0.0368. The van der Waals surface area contributed by atoms with Gasteiger partial charge >= 0.3 is 0 Å². The highest BCUT2D eigenvalue weighted by Gasteiger charge is 2.30. The van der Waals surface area contributed by atoms with E-state index in [-0.39, 0.29) is 12.1 Å². The summed E-state index contributed by atoms with van der Waals surface area (Å²) in [6.45, 7) is 7.55. The Kier molecular flexibility index (Phi) is 5.24. The van der Waals surface area contributed by atoms with Crippen molar-refractivity contribution in [1.29, 1.82) is 0 Å². The van der Waals surface area contributed by atoms with Crippen LogP contribution in [-0.2, 0) is 11.3 Å². The molecular formula is C17H23NO3. The van der Waals surface area contributed by atoms with Crippen molar-refractivity contribution in [3.8, 4) is 17.6 Å². The molecule has 0 bridgehead atoms. The van der Waals surface area contributed by atoms with Crippen molar-refractivity contribution < 1.29 is 14.6 Å². The molecule has 1 aliphatic heterocycles. The lowest BCUT2D eigenvalue weighted by Gasteiger charge is -2.42. The highest BCUT2D eigenvalue weighted by Crippen LogP contribution is 2.24. The van der Waals surface area contributed by atoms with E-state index >= 15 is 0 Å². The van der Waals surface area contributed by atoms with Crippen molar-refractivity contribution in [2.45, 2.75) is 25.9 Å². The third-order valence-electron chi connectivity index (χ3n) is 3.76. The number of aliphatic hydroxyl groups is 1. The highest BCUT2D eigenvalue weighted by molar-refractivity contribution is 5.48. The molecule has 0 atom stereocenters. The van der Waals surface area contributed by atoms with E-state index < -0.39 is 0 Å². The molecule has 0 aliphatic carbocycles. The number of aliphatic hydroxyl groups excluding tert-OH is 1. The van der Waals surface area contributed by atoms with Crippen molar-refractivity contribution in [1.82, 2.24) is 4.90 Å². The summed E-state index contributed by atoms with van der Waals surface area (Å²) < 4.78 is 10.9. The second-order valence-corrected chi connectivity index (χ2v) is 5.78. The number of hydrogen-bond donors (Lipinski definition) is 1. The third kappa shape index (κ3) is 3.98. The number of rotatable bonds is 3. The molecule has 0 aromatic heterocycles. The SMILES string of the molecule is COc1ccc(CN2CCOCC2(C)C)cc1C#CCO. The fourth-order valence-corrected chi connectivity index (χ4v) is 2.49. The van der Waals surface area contributed by atoms with Gasteiger partial charge in [-0.2, -0.15) is 0 Å². The van der Waals surface area contributed by atoms with E-state index in [1.165, 1.54) is 5.56 Å². The van der Waals surface area contributed by atoms with E-state index in [0.29, 0.717) is 0 Å². The minimum atomic E-state index is -0.149. The Hall–Kier alpha value is -1.54. The summed E-state index contributed by atoms with van der Waals surface area (Å²) in [7, 11) is 1.63. The average Bonchev–Trinajstić information content (AvgIpc) is 2.47. The van der Waals surface area contributed by atoms with Crippen molar-refractivity contribution in [3.63, 3.8) is 0 Å². The summed E-state index contributed by atoms with van der Waals surface area (Å²) in [5, 5.41) is 8.85. The second kappa shape index (κ2) is 6.95. The van der Waals surface area contributed by atoms with E-state index in [0.717, 1.165) is 37.6 Å². The quantitative estimate of drug-likeness (QED) is 0.859. The van der Waals surface area contributed by atoms with Crippen molar-refractivity contribution >= 4 is 0 Å². The molecule has 0 saturated carbocycles. The van der Waals surface area contributed by atoms with Crippen molar-refractivity contribution in [2.24, 2.45) is 0 Å². The van der Waals surface area contributed by atoms with E-state index in [1.54, 1.807) is 7.11 Å². The first-order valence-corrected chi connectivity index (χ1v) is 7.16. The fourth-order valence-electron chi connectivity index (χ4n) is 2.49. The van der Waals surface area contributed by atoms with Crippen LogP contribution in [0.15, 0.2) is 18.2 Å². The summed E-state index contributed by atoms with van der Waals surface area (Å²) in [6.07, 6.45) is 0. The van der Waals surface area contributed by atoms with Crippen LogP contribution in [0, 0.1) is 11.8 Å². The lowest BCUT2D eigenvalue weighted by Crippen LogP contribution is -2.52. The molecule has 4 nitrogen and oxygen atoms in total. The fraction of sp³-hybridized carbons (Fsp3) is 0.529. The van der Waals surface area contributed by atoms with Gasteiger partial charge < -0.3 is 14.6 Å². The van der Waals surface area contributed by atoms with Gasteiger partial charge in [0.05, 0.1) is 25.9 Å². The molecule has 21 heavy (non-hydrogen) atoms. The summed E-state index contributed by atoms with van der Waals surface area (Å²) in [5.41, 5.74) is 2.04. The Labute approximate surface area is 126 Å². The maximum atomic E-state index is 8.85. The van der Waals surface area contributed by atoms with Crippen LogP contribution >= 0.6 is 0 Å². The van der Waals surface area contributed by atoms with Crippen LogP contribution in [0.1, 0.15) is 25.0 Å². The van der Waals surface area contributed by atoms with Gasteiger partial charge in [-0.25, -0.2) is 0 Å². The maximum absolute atomic E-state index is 8.85. The highest BCUT2D eigenvalue weighted by atomic mass is 16.5. The van der Waals surface area contributed by atoms with Gasteiger partial charge in [0.2, 0.25) is 0 Å². The van der Waals surface area contributed by atoms with Gasteiger partial charge in [0.1, 0.15) is 12.4 Å². The minimum Gasteiger partial charge on any atom is -0.495 e. The molecule has 1 aliphatic rings. The van der Waals surface area contributed by atoms with Crippen molar-refractivity contribution in [2.75, 3.05) is 33.5 Å². The number of ether oxygens (including phenoxy) is 2. The molecule has 0 spiro atoms. The normalized spacial score (nSPS) is 17.9. The number of nitrogens with zero attached hydrogens (tertiary/aromatic N) is 1. The molecule has 1 N–H and O–H groups in total. The van der Waals surface area contributed by atoms with Crippen LogP contribution < -0.4 is 4.74 Å². The van der Waals surface area contributed by atoms with E-state index in [1.807, 2.05) is 12.1 Å². The van der Waals surface area contributed by atoms with Crippen LogP contribution in [-0.4, -0.2) is 49.0 Å². The van der Waals surface area contributed by atoms with Gasteiger partial charge in [-0.05, 0) is 31.5 Å². The zero-order chi connectivity index (χ0) is 15.3. The lowest BCUT2D eigenvalue weighted by atomic mass is 10.0. The van der Waals surface area contributed by atoms with E-state index in [4.69, 9.17) is 14.6 Å². The topological polar surface area (TPSA) is 41.9 Å². The van der Waals surface area contributed by atoms with Crippen LogP contribution in [0.5, 0.6) is 5.75 Å². The predicted octanol–water partition coefficient (Wildman–Crippen LogP) is 1.65. The Morgan fingerprint density at radius 1 is 1.43 bits per heavy atom. The van der Waals surface area contributed by atoms with Gasteiger partial charge in [0.15, 0.2) is 0 Å². The number of hydrogen-bond acceptors (Lipinski definition) is 4. The summed E-state index contributed by atoms with van der Waals surface area (Å²) in [5.74, 6) is 6.36. The average molecular weight is 289 g/mol. The third-order valence-corrected chi connectivity index (χ3v) is 3.76. The first-order valence-electron chi connectivity index (χ1n) is 7.16. The maximum Gasteiger partial charge on any atom is 0.134 e. The molecule has 114 valence electrons. The van der Waals surface area contributed by atoms with Gasteiger partial charge in [0.25, 0.3) is 0 Å². The van der Waals surface area contributed by atoms with Gasteiger partial charge in [-0.1, -0.05) is 17.9 Å².